The molecule has 1 aromatic rings. The molecule has 0 aliphatic heterocycles. The van der Waals surface area contributed by atoms with Crippen molar-refractivity contribution in [3.05, 3.63) is 48.1 Å². The molecule has 0 aromatic heterocycles. The van der Waals surface area contributed by atoms with Gasteiger partial charge in [-0.3, -0.25) is 9.59 Å². The molecule has 8 atom stereocenters. The molecular formula is C31H40FNO5. The number of alkyl halides is 1. The molecule has 0 radical (unpaired) electrons. The molecule has 38 heavy (non-hydrogen) atoms. The lowest BCUT2D eigenvalue weighted by Crippen LogP contribution is -2.67. The third-order valence-electron chi connectivity index (χ3n) is 10.2. The van der Waals surface area contributed by atoms with Crippen LogP contribution in [0.15, 0.2) is 48.1 Å². The van der Waals surface area contributed by atoms with Crippen LogP contribution in [0.25, 0.3) is 0 Å². The highest BCUT2D eigenvalue weighted by Crippen LogP contribution is 2.69. The molecule has 0 saturated heterocycles. The van der Waals surface area contributed by atoms with Crippen LogP contribution in [0.1, 0.15) is 52.9 Å². The number of ketones is 1. The van der Waals surface area contributed by atoms with Gasteiger partial charge in [-0.1, -0.05) is 25.5 Å². The Kier molecular flexibility index (Phi) is 6.95. The van der Waals surface area contributed by atoms with Gasteiger partial charge in [0.15, 0.2) is 11.5 Å². The summed E-state index contributed by atoms with van der Waals surface area (Å²) < 4.78 is 28.1. The van der Waals surface area contributed by atoms with Crippen molar-refractivity contribution < 1.29 is 28.6 Å². The average Bonchev–Trinajstić information content (AvgIpc) is 3.15. The highest BCUT2D eigenvalue weighted by molar-refractivity contribution is 6.01. The summed E-state index contributed by atoms with van der Waals surface area (Å²) in [5.41, 5.74) is -2.57. The zero-order valence-corrected chi connectivity index (χ0v) is 22.8. The van der Waals surface area contributed by atoms with Crippen LogP contribution in [0.3, 0.4) is 0 Å². The summed E-state index contributed by atoms with van der Waals surface area (Å²) in [5.74, 6) is 0.805. The molecule has 2 N–H and O–H groups in total. The van der Waals surface area contributed by atoms with Gasteiger partial charge in [0.2, 0.25) is 5.91 Å². The minimum Gasteiger partial charge on any atom is -0.497 e. The fourth-order valence-electron chi connectivity index (χ4n) is 8.39. The molecule has 3 fully saturated rings. The number of methoxy groups -OCH3 is 1. The average molecular weight is 526 g/mol. The van der Waals surface area contributed by atoms with Crippen molar-refractivity contribution in [2.45, 2.75) is 64.6 Å². The first-order valence-electron chi connectivity index (χ1n) is 13.9. The molecule has 5 rings (SSSR count). The third-order valence-corrected chi connectivity index (χ3v) is 10.2. The van der Waals surface area contributed by atoms with E-state index in [2.05, 4.69) is 19.2 Å². The number of halogens is 1. The maximum absolute atomic E-state index is 17.2. The predicted octanol–water partition coefficient (Wildman–Crippen LogP) is 4.81. The van der Waals surface area contributed by atoms with Gasteiger partial charge in [0.1, 0.15) is 11.5 Å². The lowest BCUT2D eigenvalue weighted by atomic mass is 9.45. The second-order valence-electron chi connectivity index (χ2n) is 12.2. The number of hydrogen-bond donors (Lipinski definition) is 2. The van der Waals surface area contributed by atoms with E-state index < -0.39 is 22.6 Å². The Morgan fingerprint density at radius 1 is 1.18 bits per heavy atom. The zero-order valence-electron chi connectivity index (χ0n) is 22.8. The number of allylic oxidation sites excluding steroid dienone is 4. The van der Waals surface area contributed by atoms with Crippen molar-refractivity contribution in [1.82, 2.24) is 5.32 Å². The molecular weight excluding hydrogens is 485 g/mol. The summed E-state index contributed by atoms with van der Waals surface area (Å²) in [4.78, 5) is 25.5. The standard InChI is InChI=1S/C31H40FNO5/c1-19-16-25-24-11-6-20-17-21(34)12-13-30(20,3)31(24,32)26(35)18-29(25,2)27(19)28(36)33-14-5-15-38-23-9-7-22(37-4)8-10-23/h7-10,12-13,17,19,24-27,35H,5-6,11,14-16,18H2,1-4H3,(H,33,36). The lowest BCUT2D eigenvalue weighted by molar-refractivity contribution is -0.195. The van der Waals surface area contributed by atoms with E-state index in [1.807, 2.05) is 31.2 Å². The highest BCUT2D eigenvalue weighted by atomic mass is 19.1. The quantitative estimate of drug-likeness (QED) is 0.499. The van der Waals surface area contributed by atoms with Gasteiger partial charge in [-0.05, 0) is 92.7 Å². The number of hydrogen-bond acceptors (Lipinski definition) is 5. The van der Waals surface area contributed by atoms with Crippen molar-refractivity contribution in [3.63, 3.8) is 0 Å². The molecule has 8 unspecified atom stereocenters. The number of carbonyl (C=O) groups excluding carboxylic acids is 2. The van der Waals surface area contributed by atoms with Gasteiger partial charge in [0, 0.05) is 23.8 Å². The van der Waals surface area contributed by atoms with Gasteiger partial charge in [0.05, 0.1) is 19.8 Å². The smallest absolute Gasteiger partial charge is 0.223 e. The van der Waals surface area contributed by atoms with E-state index in [1.54, 1.807) is 19.3 Å². The molecule has 0 spiro atoms. The fraction of sp³-hybridized carbons (Fsp3) is 0.613. The van der Waals surface area contributed by atoms with Crippen LogP contribution in [0.4, 0.5) is 4.39 Å². The first kappa shape index (κ1) is 26.9. The van der Waals surface area contributed by atoms with Gasteiger partial charge in [-0.25, -0.2) is 4.39 Å². The number of benzene rings is 1. The van der Waals surface area contributed by atoms with Crippen molar-refractivity contribution in [1.29, 1.82) is 0 Å². The van der Waals surface area contributed by atoms with Crippen LogP contribution in [-0.2, 0) is 9.59 Å². The fourth-order valence-corrected chi connectivity index (χ4v) is 8.39. The number of nitrogens with one attached hydrogen (secondary N) is 1. The number of carbonyl (C=O) groups is 2. The molecule has 0 heterocycles. The molecule has 1 aromatic carbocycles. The van der Waals surface area contributed by atoms with Gasteiger partial charge < -0.3 is 19.9 Å². The number of fused-ring (bicyclic) bond motifs is 5. The number of rotatable bonds is 7. The van der Waals surface area contributed by atoms with Crippen LogP contribution >= 0.6 is 0 Å². The SMILES string of the molecule is COc1ccc(OCCCNC(=O)C2C(C)CC3C4CCC5=CC(=O)C=CC5(C)C4(F)C(O)CC32C)cc1. The number of amides is 1. The molecule has 7 heteroatoms. The van der Waals surface area contributed by atoms with Crippen molar-refractivity contribution >= 4 is 11.7 Å². The summed E-state index contributed by atoms with van der Waals surface area (Å²) in [6, 6.07) is 7.38. The van der Waals surface area contributed by atoms with E-state index in [1.165, 1.54) is 6.08 Å². The number of aliphatic hydroxyl groups is 1. The topological polar surface area (TPSA) is 84.9 Å². The van der Waals surface area contributed by atoms with Crippen LogP contribution in [0.5, 0.6) is 11.5 Å². The Hall–Kier alpha value is -2.67. The van der Waals surface area contributed by atoms with E-state index in [4.69, 9.17) is 9.47 Å². The second kappa shape index (κ2) is 9.82. The molecule has 3 saturated carbocycles. The first-order valence-corrected chi connectivity index (χ1v) is 13.9. The minimum absolute atomic E-state index is 0.00976. The second-order valence-corrected chi connectivity index (χ2v) is 12.2. The van der Waals surface area contributed by atoms with E-state index in [9.17, 15) is 14.7 Å². The summed E-state index contributed by atoms with van der Waals surface area (Å²) in [5, 5.41) is 14.5. The molecule has 6 nitrogen and oxygen atoms in total. The molecule has 1 amide bonds. The Bertz CT molecular complexity index is 1150. The molecule has 206 valence electrons. The summed E-state index contributed by atoms with van der Waals surface area (Å²) in [6.07, 6.45) is 6.36. The summed E-state index contributed by atoms with van der Waals surface area (Å²) in [7, 11) is 1.62. The number of ether oxygens (including phenoxy) is 2. The van der Waals surface area contributed by atoms with E-state index >= 15 is 4.39 Å². The Balaban J connectivity index is 1.25. The predicted molar refractivity (Wildman–Crippen MR) is 143 cm³/mol. The highest BCUT2D eigenvalue weighted by Gasteiger charge is 2.71. The number of aliphatic hydroxyl groups excluding tert-OH is 1. The maximum Gasteiger partial charge on any atom is 0.223 e. The van der Waals surface area contributed by atoms with Crippen molar-refractivity contribution in [2.75, 3.05) is 20.3 Å². The van der Waals surface area contributed by atoms with Crippen molar-refractivity contribution in [2.24, 2.45) is 34.5 Å². The van der Waals surface area contributed by atoms with E-state index in [0.717, 1.165) is 23.5 Å². The summed E-state index contributed by atoms with van der Waals surface area (Å²) >= 11 is 0. The summed E-state index contributed by atoms with van der Waals surface area (Å²) in [6.45, 7) is 6.96. The Morgan fingerprint density at radius 2 is 1.89 bits per heavy atom. The van der Waals surface area contributed by atoms with Crippen LogP contribution in [0.2, 0.25) is 0 Å². The molecule has 4 aliphatic rings. The largest absolute Gasteiger partial charge is 0.497 e. The van der Waals surface area contributed by atoms with Gasteiger partial charge in [-0.15, -0.1) is 0 Å². The molecule has 0 bridgehead atoms. The maximum atomic E-state index is 17.2. The molecule has 4 aliphatic carbocycles. The van der Waals surface area contributed by atoms with Crippen molar-refractivity contribution in [3.8, 4) is 11.5 Å². The van der Waals surface area contributed by atoms with Crippen LogP contribution in [-0.4, -0.2) is 48.8 Å². The monoisotopic (exact) mass is 525 g/mol. The van der Waals surface area contributed by atoms with E-state index in [-0.39, 0.29) is 41.8 Å². The van der Waals surface area contributed by atoms with E-state index in [0.29, 0.717) is 32.4 Å². The first-order chi connectivity index (χ1) is 18.0. The lowest BCUT2D eigenvalue weighted by Gasteiger charge is -2.61. The Morgan fingerprint density at radius 3 is 2.61 bits per heavy atom. The third kappa shape index (κ3) is 4.09. The van der Waals surface area contributed by atoms with Crippen LogP contribution < -0.4 is 14.8 Å². The minimum atomic E-state index is -1.86. The van der Waals surface area contributed by atoms with Crippen LogP contribution in [0, 0.1) is 34.5 Å². The Labute approximate surface area is 224 Å². The van der Waals surface area contributed by atoms with Gasteiger partial charge in [-0.2, -0.15) is 0 Å². The van der Waals surface area contributed by atoms with Gasteiger partial charge in [0.25, 0.3) is 0 Å². The zero-order chi connectivity index (χ0) is 27.3. The normalized spacial score (nSPS) is 39.5. The van der Waals surface area contributed by atoms with Gasteiger partial charge >= 0.3 is 0 Å².